The number of hydrogen-bond donors (Lipinski definition) is 1. The summed E-state index contributed by atoms with van der Waals surface area (Å²) in [7, 11) is 3.29. The van der Waals surface area contributed by atoms with E-state index in [1.54, 1.807) is 20.4 Å². The van der Waals surface area contributed by atoms with E-state index in [0.29, 0.717) is 0 Å². The second kappa shape index (κ2) is 4.92. The summed E-state index contributed by atoms with van der Waals surface area (Å²) < 4.78 is 10.6. The molecular formula is C13H20N2O2. The second-order valence-electron chi connectivity index (χ2n) is 4.76. The minimum Gasteiger partial charge on any atom is -0.493 e. The fourth-order valence-corrected chi connectivity index (χ4v) is 2.16. The number of hydrogen-bond acceptors (Lipinski definition) is 4. The first kappa shape index (κ1) is 12.2. The summed E-state index contributed by atoms with van der Waals surface area (Å²) in [6.07, 6.45) is 5.53. The molecule has 0 radical (unpaired) electrons. The van der Waals surface area contributed by atoms with Gasteiger partial charge in [0.2, 0.25) is 0 Å². The van der Waals surface area contributed by atoms with Crippen molar-refractivity contribution >= 4 is 0 Å². The molecule has 4 heteroatoms. The van der Waals surface area contributed by atoms with Crippen LogP contribution in [-0.2, 0) is 6.54 Å². The molecule has 0 bridgehead atoms. The van der Waals surface area contributed by atoms with Crippen molar-refractivity contribution in [2.75, 3.05) is 14.2 Å². The summed E-state index contributed by atoms with van der Waals surface area (Å²) in [5, 5.41) is 3.54. The molecular weight excluding hydrogens is 216 g/mol. The first-order valence-corrected chi connectivity index (χ1v) is 5.99. The van der Waals surface area contributed by atoms with E-state index in [-0.39, 0.29) is 5.54 Å². The van der Waals surface area contributed by atoms with Crippen molar-refractivity contribution in [2.45, 2.75) is 38.3 Å². The van der Waals surface area contributed by atoms with Crippen LogP contribution in [0.25, 0.3) is 0 Å². The lowest BCUT2D eigenvalue weighted by Crippen LogP contribution is -2.47. The Hall–Kier alpha value is -1.29. The van der Waals surface area contributed by atoms with Crippen LogP contribution in [0.15, 0.2) is 12.3 Å². The number of rotatable bonds is 5. The van der Waals surface area contributed by atoms with Gasteiger partial charge >= 0.3 is 0 Å². The van der Waals surface area contributed by atoms with Crippen molar-refractivity contribution in [3.05, 3.63) is 18.0 Å². The van der Waals surface area contributed by atoms with Gasteiger partial charge in [0.05, 0.1) is 19.9 Å². The highest BCUT2D eigenvalue weighted by Gasteiger charge is 2.31. The Morgan fingerprint density at radius 3 is 2.65 bits per heavy atom. The van der Waals surface area contributed by atoms with Gasteiger partial charge in [0.15, 0.2) is 11.5 Å². The molecule has 0 unspecified atom stereocenters. The predicted octanol–water partition coefficient (Wildman–Crippen LogP) is 2.13. The first-order chi connectivity index (χ1) is 8.18. The minimum absolute atomic E-state index is 0.274. The van der Waals surface area contributed by atoms with Crippen molar-refractivity contribution in [3.63, 3.8) is 0 Å². The highest BCUT2D eigenvalue weighted by molar-refractivity contribution is 5.42. The monoisotopic (exact) mass is 236 g/mol. The number of nitrogens with zero attached hydrogens (tertiary/aromatic N) is 1. The zero-order valence-electron chi connectivity index (χ0n) is 10.7. The van der Waals surface area contributed by atoms with Crippen LogP contribution in [0.1, 0.15) is 31.9 Å². The first-order valence-electron chi connectivity index (χ1n) is 5.99. The summed E-state index contributed by atoms with van der Waals surface area (Å²) >= 11 is 0. The van der Waals surface area contributed by atoms with Crippen LogP contribution in [-0.4, -0.2) is 24.7 Å². The van der Waals surface area contributed by atoms with E-state index in [9.17, 15) is 0 Å². The lowest BCUT2D eigenvalue weighted by atomic mass is 9.78. The zero-order valence-corrected chi connectivity index (χ0v) is 10.7. The molecule has 1 saturated carbocycles. The normalized spacial score (nSPS) is 17.4. The maximum Gasteiger partial charge on any atom is 0.183 e. The SMILES string of the molecule is COc1ccnc(CNC2(C)CCC2)c1OC. The molecule has 2 rings (SSSR count). The Labute approximate surface area is 102 Å². The van der Waals surface area contributed by atoms with Gasteiger partial charge in [-0.3, -0.25) is 4.98 Å². The average Bonchev–Trinajstić information content (AvgIpc) is 2.33. The summed E-state index contributed by atoms with van der Waals surface area (Å²) in [5.74, 6) is 1.46. The van der Waals surface area contributed by atoms with E-state index < -0.39 is 0 Å². The molecule has 0 atom stereocenters. The molecule has 1 aliphatic carbocycles. The van der Waals surface area contributed by atoms with Crippen molar-refractivity contribution in [3.8, 4) is 11.5 Å². The third kappa shape index (κ3) is 2.52. The van der Waals surface area contributed by atoms with Gasteiger partial charge in [0, 0.05) is 24.3 Å². The van der Waals surface area contributed by atoms with E-state index >= 15 is 0 Å². The number of aromatic nitrogens is 1. The standard InChI is InChI=1S/C13H20N2O2/c1-13(6-4-7-13)15-9-10-12(17-3)11(16-2)5-8-14-10/h5,8,15H,4,6-7,9H2,1-3H3. The van der Waals surface area contributed by atoms with Gasteiger partial charge in [-0.25, -0.2) is 0 Å². The predicted molar refractivity (Wildman–Crippen MR) is 66.4 cm³/mol. The van der Waals surface area contributed by atoms with Crippen LogP contribution in [0.2, 0.25) is 0 Å². The highest BCUT2D eigenvalue weighted by atomic mass is 16.5. The summed E-state index contributed by atoms with van der Waals surface area (Å²) in [4.78, 5) is 4.35. The fraction of sp³-hybridized carbons (Fsp3) is 0.615. The Morgan fingerprint density at radius 1 is 1.35 bits per heavy atom. The molecule has 4 nitrogen and oxygen atoms in total. The molecule has 1 fully saturated rings. The molecule has 0 saturated heterocycles. The Bertz CT molecular complexity index is 389. The Balaban J connectivity index is 2.09. The molecule has 1 aromatic rings. The van der Waals surface area contributed by atoms with Crippen molar-refractivity contribution in [1.29, 1.82) is 0 Å². The molecule has 94 valence electrons. The van der Waals surface area contributed by atoms with E-state index in [1.807, 2.05) is 6.07 Å². The molecule has 0 aliphatic heterocycles. The highest BCUT2D eigenvalue weighted by Crippen LogP contribution is 2.33. The van der Waals surface area contributed by atoms with E-state index in [1.165, 1.54) is 19.3 Å². The largest absolute Gasteiger partial charge is 0.493 e. The molecule has 1 aromatic heterocycles. The van der Waals surface area contributed by atoms with Gasteiger partial charge in [-0.15, -0.1) is 0 Å². The Morgan fingerprint density at radius 2 is 2.12 bits per heavy atom. The topological polar surface area (TPSA) is 43.4 Å². The lowest BCUT2D eigenvalue weighted by molar-refractivity contribution is 0.204. The van der Waals surface area contributed by atoms with Gasteiger partial charge in [-0.2, -0.15) is 0 Å². The number of pyridine rings is 1. The van der Waals surface area contributed by atoms with Crippen LogP contribution in [0, 0.1) is 0 Å². The minimum atomic E-state index is 0.274. The molecule has 0 amide bonds. The summed E-state index contributed by atoms with van der Waals surface area (Å²) in [6.45, 7) is 2.97. The van der Waals surface area contributed by atoms with Gasteiger partial charge in [0.1, 0.15) is 0 Å². The molecule has 1 heterocycles. The van der Waals surface area contributed by atoms with E-state index in [4.69, 9.17) is 9.47 Å². The third-order valence-corrected chi connectivity index (χ3v) is 3.51. The summed E-state index contributed by atoms with van der Waals surface area (Å²) in [6, 6.07) is 1.81. The quantitative estimate of drug-likeness (QED) is 0.850. The van der Waals surface area contributed by atoms with Gasteiger partial charge < -0.3 is 14.8 Å². The van der Waals surface area contributed by atoms with Crippen LogP contribution >= 0.6 is 0 Å². The maximum absolute atomic E-state index is 5.36. The Kier molecular flexibility index (Phi) is 3.52. The molecule has 1 N–H and O–H groups in total. The average molecular weight is 236 g/mol. The smallest absolute Gasteiger partial charge is 0.183 e. The van der Waals surface area contributed by atoms with Crippen LogP contribution in [0.3, 0.4) is 0 Å². The van der Waals surface area contributed by atoms with E-state index in [2.05, 4.69) is 17.2 Å². The van der Waals surface area contributed by atoms with Gasteiger partial charge in [-0.05, 0) is 26.2 Å². The van der Waals surface area contributed by atoms with Gasteiger partial charge in [0.25, 0.3) is 0 Å². The van der Waals surface area contributed by atoms with Crippen molar-refractivity contribution in [1.82, 2.24) is 10.3 Å². The molecule has 1 aliphatic rings. The van der Waals surface area contributed by atoms with Crippen molar-refractivity contribution < 1.29 is 9.47 Å². The number of ether oxygens (including phenoxy) is 2. The molecule has 0 aromatic carbocycles. The second-order valence-corrected chi connectivity index (χ2v) is 4.76. The fourth-order valence-electron chi connectivity index (χ4n) is 2.16. The van der Waals surface area contributed by atoms with E-state index in [0.717, 1.165) is 23.7 Å². The molecule has 17 heavy (non-hydrogen) atoms. The van der Waals surface area contributed by atoms with Crippen LogP contribution < -0.4 is 14.8 Å². The third-order valence-electron chi connectivity index (χ3n) is 3.51. The maximum atomic E-state index is 5.36. The van der Waals surface area contributed by atoms with Crippen molar-refractivity contribution in [2.24, 2.45) is 0 Å². The van der Waals surface area contributed by atoms with Crippen LogP contribution in [0.5, 0.6) is 11.5 Å². The zero-order chi connectivity index (χ0) is 12.3. The number of nitrogens with one attached hydrogen (secondary N) is 1. The van der Waals surface area contributed by atoms with Crippen LogP contribution in [0.4, 0.5) is 0 Å². The number of methoxy groups -OCH3 is 2. The summed E-state index contributed by atoms with van der Waals surface area (Å²) in [5.41, 5.74) is 1.18. The molecule has 0 spiro atoms. The lowest BCUT2D eigenvalue weighted by Gasteiger charge is -2.39. The van der Waals surface area contributed by atoms with Gasteiger partial charge in [-0.1, -0.05) is 0 Å².